The first-order chi connectivity index (χ1) is 4.83. The monoisotopic (exact) mass is 198 g/mol. The maximum absolute atomic E-state index is 8.68. The van der Waals surface area contributed by atoms with Gasteiger partial charge in [-0.15, -0.1) is 0 Å². The second-order valence-corrected chi connectivity index (χ2v) is 0.408. The molecule has 0 heterocycles. The van der Waals surface area contributed by atoms with E-state index >= 15 is 0 Å². The summed E-state index contributed by atoms with van der Waals surface area (Å²) >= 11 is 0. The molecule has 0 saturated heterocycles. The molecule has 0 aliphatic rings. The molecule has 0 aromatic heterocycles. The van der Waals surface area contributed by atoms with E-state index < -0.39 is 0 Å². The summed E-state index contributed by atoms with van der Waals surface area (Å²) in [7, 11) is 2.00. The van der Waals surface area contributed by atoms with Gasteiger partial charge in [-0.25, -0.2) is 0 Å². The fraction of sp³-hybridized carbons (Fsp3) is 0.667. The zero-order chi connectivity index (χ0) is 9.41. The van der Waals surface area contributed by atoms with Crippen LogP contribution in [0, 0.1) is 0 Å². The molecule has 0 radical (unpaired) electrons. The Kier molecular flexibility index (Phi) is 573. The van der Waals surface area contributed by atoms with Crippen molar-refractivity contribution < 1.29 is 41.5 Å². The molecule has 0 amide bonds. The quantitative estimate of drug-likeness (QED) is 0.404. The second-order valence-electron chi connectivity index (χ2n) is 0.408. The first kappa shape index (κ1) is 30.6. The molecule has 0 unspecified atom stereocenters. The van der Waals surface area contributed by atoms with Crippen LogP contribution in [0.25, 0.3) is 0 Å². The third-order valence-corrected chi connectivity index (χ3v) is 0. The number of aliphatic hydroxyl groups excluding tert-OH is 2. The van der Waals surface area contributed by atoms with Crippen LogP contribution in [0.15, 0.2) is 0 Å². The average Bonchev–Trinajstić information content (AvgIpc) is 1.99. The van der Waals surface area contributed by atoms with E-state index in [1.807, 2.05) is 0 Å². The fourth-order valence-corrected chi connectivity index (χ4v) is 0. The number of hydrogen-bond donors (Lipinski definition) is 2. The summed E-state index contributed by atoms with van der Waals surface area (Å²) in [5, 5.41) is 14.0. The Labute approximate surface area is 82.5 Å². The Bertz CT molecular complexity index is 35.6. The first-order valence-corrected chi connectivity index (χ1v) is 2.30. The van der Waals surface area contributed by atoms with Gasteiger partial charge in [-0.1, -0.05) is 0 Å². The van der Waals surface area contributed by atoms with Crippen molar-refractivity contribution in [3.05, 3.63) is 0 Å². The molecule has 11 heavy (non-hydrogen) atoms. The maximum atomic E-state index is 8.68. The van der Waals surface area contributed by atoms with Gasteiger partial charge in [0.1, 0.15) is 0 Å². The Hall–Kier alpha value is -0.0257. The van der Waals surface area contributed by atoms with Crippen molar-refractivity contribution in [3.8, 4) is 0 Å². The van der Waals surface area contributed by atoms with Crippen molar-refractivity contribution in [2.75, 3.05) is 14.2 Å². The van der Waals surface area contributed by atoms with Crippen molar-refractivity contribution in [1.29, 1.82) is 0 Å². The maximum Gasteiger partial charge on any atom is 2.00 e. The Morgan fingerprint density at radius 3 is 0.818 bits per heavy atom. The van der Waals surface area contributed by atoms with E-state index in [1.165, 1.54) is 26.4 Å². The van der Waals surface area contributed by atoms with Crippen LogP contribution in [0.2, 0.25) is 0 Å². The van der Waals surface area contributed by atoms with Crippen molar-refractivity contribution in [3.63, 3.8) is 0 Å². The normalized spacial score (nSPS) is 3.45. The molecular weight excluding hydrogens is 184 g/mol. The predicted octanol–water partition coefficient (Wildman–Crippen LogP) is -0.554. The topological polar surface area (TPSA) is 74.6 Å². The zero-order valence-corrected chi connectivity index (χ0v) is 8.77. The molecule has 0 atom stereocenters. The van der Waals surface area contributed by atoms with E-state index in [1.54, 1.807) is 0 Å². The van der Waals surface area contributed by atoms with Gasteiger partial charge in [-0.3, -0.25) is 12.6 Å². The van der Waals surface area contributed by atoms with Crippen LogP contribution in [0.3, 0.4) is 0 Å². The molecule has 4 nitrogen and oxygen atoms in total. The molecule has 0 spiro atoms. The minimum Gasteiger partial charge on any atom is -0.542 e. The molecule has 5 heteroatoms. The third-order valence-electron chi connectivity index (χ3n) is 0. The van der Waals surface area contributed by atoms with Crippen LogP contribution in [0.4, 0.5) is 0 Å². The largest absolute Gasteiger partial charge is 2.00 e. The molecule has 0 aliphatic heterocycles. The number of aliphatic hydroxyl groups is 2. The van der Waals surface area contributed by atoms with E-state index in [9.17, 15) is 0 Å². The van der Waals surface area contributed by atoms with Crippen molar-refractivity contribution in [1.82, 2.24) is 0 Å². The number of rotatable bonds is 0. The molecule has 0 fully saturated rings. The van der Waals surface area contributed by atoms with E-state index in [-0.39, 0.29) is 21.7 Å². The fourth-order valence-electron chi connectivity index (χ4n) is 0. The predicted molar refractivity (Wildman–Crippen MR) is 39.0 cm³/mol. The minimum atomic E-state index is 0. The summed E-state index contributed by atoms with van der Waals surface area (Å²) in [5.74, 6) is 0. The van der Waals surface area contributed by atoms with Gasteiger partial charge in [-0.2, -0.15) is 13.8 Å². The summed E-state index contributed by atoms with van der Waals surface area (Å²) in [4.78, 5) is 17.4. The minimum absolute atomic E-state index is 0. The standard InChI is InChI=1S/2C2H3O.2CH4O.Ti/c2*1-2-3;2*1-2;/h2*1H3;2*2H,1H3;/q2*-1;;;+2. The van der Waals surface area contributed by atoms with Gasteiger partial charge in [0.2, 0.25) is 0 Å². The van der Waals surface area contributed by atoms with Gasteiger partial charge in [-0.05, 0) is 0 Å². The Balaban J connectivity index is -0.0000000144. The average molecular weight is 198 g/mol. The molecule has 66 valence electrons. The summed E-state index contributed by atoms with van der Waals surface area (Å²) in [6.07, 6.45) is 3.00. The molecule has 0 bridgehead atoms. The molecule has 0 aromatic carbocycles. The third kappa shape index (κ3) is 959000. The van der Waals surface area contributed by atoms with Gasteiger partial charge in [0.05, 0.1) is 0 Å². The Morgan fingerprint density at radius 2 is 0.818 bits per heavy atom. The summed E-state index contributed by atoms with van der Waals surface area (Å²) < 4.78 is 0. The summed E-state index contributed by atoms with van der Waals surface area (Å²) in [5.41, 5.74) is 0. The second kappa shape index (κ2) is 206. The van der Waals surface area contributed by atoms with Crippen molar-refractivity contribution in [2.45, 2.75) is 13.8 Å². The molecule has 0 saturated carbocycles. The Morgan fingerprint density at radius 1 is 0.818 bits per heavy atom. The molecule has 0 aliphatic carbocycles. The number of carbonyl (C=O) groups excluding carboxylic acids is 2. The van der Waals surface area contributed by atoms with Gasteiger partial charge in [0.25, 0.3) is 0 Å². The summed E-state index contributed by atoms with van der Waals surface area (Å²) in [6, 6.07) is 0. The van der Waals surface area contributed by atoms with Crippen LogP contribution in [0.1, 0.15) is 13.8 Å². The van der Waals surface area contributed by atoms with E-state index in [2.05, 4.69) is 0 Å². The van der Waals surface area contributed by atoms with E-state index in [0.717, 1.165) is 14.2 Å². The zero-order valence-electron chi connectivity index (χ0n) is 7.21. The van der Waals surface area contributed by atoms with Crippen LogP contribution in [0.5, 0.6) is 0 Å². The van der Waals surface area contributed by atoms with Crippen molar-refractivity contribution >= 4 is 12.6 Å². The summed E-state index contributed by atoms with van der Waals surface area (Å²) in [6.45, 7) is 2.64. The smallest absolute Gasteiger partial charge is 0.542 e. The molecule has 0 rings (SSSR count). The van der Waals surface area contributed by atoms with Gasteiger partial charge in [0.15, 0.2) is 0 Å². The van der Waals surface area contributed by atoms with Crippen LogP contribution in [-0.4, -0.2) is 37.0 Å². The van der Waals surface area contributed by atoms with Crippen LogP contribution < -0.4 is 0 Å². The molecule has 0 aromatic rings. The first-order valence-electron chi connectivity index (χ1n) is 2.30. The van der Waals surface area contributed by atoms with Gasteiger partial charge in [0, 0.05) is 14.2 Å². The van der Waals surface area contributed by atoms with E-state index in [4.69, 9.17) is 19.8 Å². The SMILES string of the molecule is CO.CO.C[C-]=O.C[C-]=O.[Ti+2]. The van der Waals surface area contributed by atoms with Gasteiger partial charge >= 0.3 is 21.7 Å². The van der Waals surface area contributed by atoms with Crippen LogP contribution >= 0.6 is 0 Å². The molecule has 2 N–H and O–H groups in total. The van der Waals surface area contributed by atoms with E-state index in [0.29, 0.717) is 0 Å². The van der Waals surface area contributed by atoms with Crippen molar-refractivity contribution in [2.24, 2.45) is 0 Å². The number of hydrogen-bond acceptors (Lipinski definition) is 4. The van der Waals surface area contributed by atoms with Gasteiger partial charge < -0.3 is 19.8 Å². The molecular formula is C6H14O4Ti. The van der Waals surface area contributed by atoms with Crippen LogP contribution in [-0.2, 0) is 31.3 Å².